The van der Waals surface area contributed by atoms with E-state index in [0.29, 0.717) is 18.7 Å². The molecule has 0 bridgehead atoms. The molecule has 2 amide bonds. The lowest BCUT2D eigenvalue weighted by atomic mass is 9.87. The molecule has 0 spiro atoms. The highest BCUT2D eigenvalue weighted by Gasteiger charge is 2.15. The molecule has 2 aromatic rings. The smallest absolute Gasteiger partial charge is 0.251 e. The Bertz CT molecular complexity index is 810. The van der Waals surface area contributed by atoms with Crippen LogP contribution in [0.1, 0.15) is 55.6 Å². The Morgan fingerprint density at radius 3 is 2.32 bits per heavy atom. The van der Waals surface area contributed by atoms with Gasteiger partial charge in [0, 0.05) is 31.6 Å². The third-order valence-corrected chi connectivity index (χ3v) is 4.63. The van der Waals surface area contributed by atoms with Crippen LogP contribution in [0.2, 0.25) is 0 Å². The number of rotatable bonds is 7. The van der Waals surface area contributed by atoms with Crippen molar-refractivity contribution in [1.29, 1.82) is 0 Å². The Balaban J connectivity index is 1.85. The molecule has 0 fully saturated rings. The molecule has 0 radical (unpaired) electrons. The molecule has 150 valence electrons. The second-order valence-corrected chi connectivity index (χ2v) is 7.87. The van der Waals surface area contributed by atoms with Crippen molar-refractivity contribution in [3.05, 3.63) is 71.0 Å². The van der Waals surface area contributed by atoms with Crippen molar-refractivity contribution < 1.29 is 14.0 Å². The summed E-state index contributed by atoms with van der Waals surface area (Å²) in [6, 6.07) is 13.8. The van der Waals surface area contributed by atoms with Gasteiger partial charge in [0.2, 0.25) is 5.91 Å². The zero-order chi connectivity index (χ0) is 20.7. The summed E-state index contributed by atoms with van der Waals surface area (Å²) in [7, 11) is 0. The van der Waals surface area contributed by atoms with E-state index in [0.717, 1.165) is 11.1 Å². The largest absolute Gasteiger partial charge is 0.352 e. The van der Waals surface area contributed by atoms with Crippen LogP contribution in [0.5, 0.6) is 0 Å². The zero-order valence-corrected chi connectivity index (χ0v) is 17.1. The van der Waals surface area contributed by atoms with Gasteiger partial charge in [0.05, 0.1) is 0 Å². The standard InChI is InChI=1S/C23H29FN2O2/c1-5-26(16-17-7-6-8-20(24)15-17)21(27)13-14-25-22(28)18-9-11-19(12-10-18)23(2,3)4/h6-12,15H,5,13-14,16H2,1-4H3,(H,25,28). The molecule has 5 heteroatoms. The van der Waals surface area contributed by atoms with Crippen molar-refractivity contribution in [3.63, 3.8) is 0 Å². The first-order chi connectivity index (χ1) is 13.2. The molecule has 0 aliphatic heterocycles. The van der Waals surface area contributed by atoms with E-state index in [1.54, 1.807) is 29.2 Å². The van der Waals surface area contributed by atoms with E-state index in [4.69, 9.17) is 0 Å². The first-order valence-corrected chi connectivity index (χ1v) is 9.61. The molecule has 0 saturated heterocycles. The lowest BCUT2D eigenvalue weighted by molar-refractivity contribution is -0.131. The lowest BCUT2D eigenvalue weighted by Gasteiger charge is -2.21. The number of benzene rings is 2. The van der Waals surface area contributed by atoms with Gasteiger partial charge in [0.25, 0.3) is 5.91 Å². The van der Waals surface area contributed by atoms with Gasteiger partial charge < -0.3 is 10.2 Å². The molecule has 2 rings (SSSR count). The molecule has 0 aliphatic rings. The molecule has 0 aromatic heterocycles. The van der Waals surface area contributed by atoms with Crippen molar-refractivity contribution in [2.45, 2.75) is 46.1 Å². The van der Waals surface area contributed by atoms with Crippen LogP contribution in [0.3, 0.4) is 0 Å². The van der Waals surface area contributed by atoms with E-state index in [1.807, 2.05) is 19.1 Å². The average molecular weight is 384 g/mol. The van der Waals surface area contributed by atoms with E-state index >= 15 is 0 Å². The molecular formula is C23H29FN2O2. The molecule has 0 heterocycles. The van der Waals surface area contributed by atoms with Crippen LogP contribution in [0.25, 0.3) is 0 Å². The number of carbonyl (C=O) groups excluding carboxylic acids is 2. The Hall–Kier alpha value is -2.69. The second kappa shape index (κ2) is 9.49. The predicted molar refractivity (Wildman–Crippen MR) is 110 cm³/mol. The van der Waals surface area contributed by atoms with Crippen molar-refractivity contribution in [2.24, 2.45) is 0 Å². The number of carbonyl (C=O) groups is 2. The van der Waals surface area contributed by atoms with E-state index in [9.17, 15) is 14.0 Å². The molecule has 28 heavy (non-hydrogen) atoms. The van der Waals surface area contributed by atoms with E-state index < -0.39 is 0 Å². The Labute approximate surface area is 166 Å². The average Bonchev–Trinajstić information content (AvgIpc) is 2.65. The normalized spacial score (nSPS) is 11.2. The molecule has 0 saturated carbocycles. The predicted octanol–water partition coefficient (Wildman–Crippen LogP) is 4.29. The van der Waals surface area contributed by atoms with Crippen molar-refractivity contribution in [1.82, 2.24) is 10.2 Å². The van der Waals surface area contributed by atoms with Crippen molar-refractivity contribution in [3.8, 4) is 0 Å². The van der Waals surface area contributed by atoms with Crippen molar-refractivity contribution >= 4 is 11.8 Å². The van der Waals surface area contributed by atoms with Gasteiger partial charge in [-0.15, -0.1) is 0 Å². The van der Waals surface area contributed by atoms with Crippen LogP contribution in [0.4, 0.5) is 4.39 Å². The van der Waals surface area contributed by atoms with Gasteiger partial charge in [0.1, 0.15) is 5.82 Å². The van der Waals surface area contributed by atoms with E-state index in [-0.39, 0.29) is 36.0 Å². The van der Waals surface area contributed by atoms with Crippen LogP contribution in [-0.4, -0.2) is 29.8 Å². The number of nitrogens with zero attached hydrogens (tertiary/aromatic N) is 1. The fourth-order valence-corrected chi connectivity index (χ4v) is 2.90. The first-order valence-electron chi connectivity index (χ1n) is 9.61. The van der Waals surface area contributed by atoms with Crippen LogP contribution in [0.15, 0.2) is 48.5 Å². The van der Waals surface area contributed by atoms with Crippen LogP contribution < -0.4 is 5.32 Å². The second-order valence-electron chi connectivity index (χ2n) is 7.87. The van der Waals surface area contributed by atoms with Gasteiger partial charge in [-0.25, -0.2) is 4.39 Å². The Kier molecular flexibility index (Phi) is 7.32. The van der Waals surface area contributed by atoms with E-state index in [1.165, 1.54) is 12.1 Å². The molecule has 2 aromatic carbocycles. The highest BCUT2D eigenvalue weighted by Crippen LogP contribution is 2.22. The fraction of sp³-hybridized carbons (Fsp3) is 0.391. The van der Waals surface area contributed by atoms with Crippen LogP contribution in [0, 0.1) is 5.82 Å². The highest BCUT2D eigenvalue weighted by molar-refractivity contribution is 5.94. The summed E-state index contributed by atoms with van der Waals surface area (Å²) in [5.74, 6) is -0.581. The van der Waals surface area contributed by atoms with Gasteiger partial charge in [-0.2, -0.15) is 0 Å². The van der Waals surface area contributed by atoms with Crippen LogP contribution >= 0.6 is 0 Å². The quantitative estimate of drug-likeness (QED) is 0.774. The Morgan fingerprint density at radius 1 is 1.07 bits per heavy atom. The monoisotopic (exact) mass is 384 g/mol. The van der Waals surface area contributed by atoms with Crippen LogP contribution in [-0.2, 0) is 16.8 Å². The molecule has 0 unspecified atom stereocenters. The molecule has 4 nitrogen and oxygen atoms in total. The number of hydrogen-bond acceptors (Lipinski definition) is 2. The van der Waals surface area contributed by atoms with Gasteiger partial charge in [0.15, 0.2) is 0 Å². The SMILES string of the molecule is CCN(Cc1cccc(F)c1)C(=O)CCNC(=O)c1ccc(C(C)(C)C)cc1. The molecule has 1 N–H and O–H groups in total. The first kappa shape index (κ1) is 21.6. The maximum Gasteiger partial charge on any atom is 0.251 e. The summed E-state index contributed by atoms with van der Waals surface area (Å²) >= 11 is 0. The number of hydrogen-bond donors (Lipinski definition) is 1. The minimum atomic E-state index is -0.314. The number of nitrogens with one attached hydrogen (secondary N) is 1. The van der Waals surface area contributed by atoms with Crippen molar-refractivity contribution in [2.75, 3.05) is 13.1 Å². The third kappa shape index (κ3) is 6.19. The topological polar surface area (TPSA) is 49.4 Å². The highest BCUT2D eigenvalue weighted by atomic mass is 19.1. The maximum atomic E-state index is 13.3. The lowest BCUT2D eigenvalue weighted by Crippen LogP contribution is -2.34. The Morgan fingerprint density at radius 2 is 1.75 bits per heavy atom. The van der Waals surface area contributed by atoms with Gasteiger partial charge in [-0.1, -0.05) is 45.0 Å². The summed E-state index contributed by atoms with van der Waals surface area (Å²) in [5.41, 5.74) is 2.52. The van der Waals surface area contributed by atoms with Gasteiger partial charge in [-0.05, 0) is 47.7 Å². The van der Waals surface area contributed by atoms with Gasteiger partial charge >= 0.3 is 0 Å². The maximum absolute atomic E-state index is 13.3. The summed E-state index contributed by atoms with van der Waals surface area (Å²) in [5, 5.41) is 2.79. The molecule has 0 atom stereocenters. The summed E-state index contributed by atoms with van der Waals surface area (Å²) in [4.78, 5) is 26.3. The number of halogens is 1. The summed E-state index contributed by atoms with van der Waals surface area (Å²) in [6.07, 6.45) is 0.203. The van der Waals surface area contributed by atoms with Gasteiger partial charge in [-0.3, -0.25) is 9.59 Å². The number of amides is 2. The summed E-state index contributed by atoms with van der Waals surface area (Å²) in [6.45, 7) is 9.39. The summed E-state index contributed by atoms with van der Waals surface area (Å²) < 4.78 is 13.3. The third-order valence-electron chi connectivity index (χ3n) is 4.63. The fourth-order valence-electron chi connectivity index (χ4n) is 2.90. The van der Waals surface area contributed by atoms with E-state index in [2.05, 4.69) is 26.1 Å². The zero-order valence-electron chi connectivity index (χ0n) is 17.1. The molecular weight excluding hydrogens is 355 g/mol. The minimum Gasteiger partial charge on any atom is -0.352 e. The molecule has 0 aliphatic carbocycles. The minimum absolute atomic E-state index is 0.0344.